The van der Waals surface area contributed by atoms with Gasteiger partial charge in [-0.25, -0.2) is 0 Å². The maximum Gasteiger partial charge on any atom is 0.271 e. The van der Waals surface area contributed by atoms with E-state index in [0.717, 1.165) is 0 Å². The Hall–Kier alpha value is -3.68. The van der Waals surface area contributed by atoms with E-state index >= 15 is 0 Å². The quantitative estimate of drug-likeness (QED) is 0.819. The van der Waals surface area contributed by atoms with Crippen LogP contribution in [0.1, 0.15) is 16.8 Å². The SMILES string of the molecule is CN(C)C(=O)c1cccc(NC(=O)C2=NN(c3ccccc3)[C@H](C(N)=O)C2)c1. The number of amides is 3. The molecule has 144 valence electrons. The van der Waals surface area contributed by atoms with Gasteiger partial charge in [-0.3, -0.25) is 19.4 Å². The smallest absolute Gasteiger partial charge is 0.271 e. The number of anilines is 2. The first kappa shape index (κ1) is 19.1. The van der Waals surface area contributed by atoms with E-state index in [9.17, 15) is 14.4 Å². The number of para-hydroxylation sites is 1. The Bertz CT molecular complexity index is 940. The molecule has 8 heteroatoms. The van der Waals surface area contributed by atoms with Crippen molar-refractivity contribution in [3.8, 4) is 0 Å². The third-order valence-corrected chi connectivity index (χ3v) is 4.30. The highest BCUT2D eigenvalue weighted by atomic mass is 16.2. The summed E-state index contributed by atoms with van der Waals surface area (Å²) >= 11 is 0. The molecular formula is C20H21N5O3. The third-order valence-electron chi connectivity index (χ3n) is 4.30. The van der Waals surface area contributed by atoms with Gasteiger partial charge in [0.2, 0.25) is 5.91 Å². The lowest BCUT2D eigenvalue weighted by Crippen LogP contribution is -2.39. The summed E-state index contributed by atoms with van der Waals surface area (Å²) in [5, 5.41) is 8.50. The van der Waals surface area contributed by atoms with Gasteiger partial charge in [0.15, 0.2) is 0 Å². The summed E-state index contributed by atoms with van der Waals surface area (Å²) in [7, 11) is 3.31. The molecule has 2 aromatic carbocycles. The Morgan fingerprint density at radius 3 is 2.46 bits per heavy atom. The van der Waals surface area contributed by atoms with Crippen molar-refractivity contribution in [2.75, 3.05) is 24.4 Å². The summed E-state index contributed by atoms with van der Waals surface area (Å²) in [6.07, 6.45) is 0.104. The highest BCUT2D eigenvalue weighted by Crippen LogP contribution is 2.25. The zero-order valence-corrected chi connectivity index (χ0v) is 15.6. The van der Waals surface area contributed by atoms with Crippen molar-refractivity contribution >= 4 is 34.8 Å². The molecule has 1 aliphatic heterocycles. The van der Waals surface area contributed by atoms with Gasteiger partial charge in [0.1, 0.15) is 11.8 Å². The summed E-state index contributed by atoms with van der Waals surface area (Å²) in [6, 6.07) is 15.0. The van der Waals surface area contributed by atoms with Crippen LogP contribution in [-0.4, -0.2) is 48.5 Å². The van der Waals surface area contributed by atoms with Gasteiger partial charge in [0.05, 0.1) is 5.69 Å². The summed E-state index contributed by atoms with van der Waals surface area (Å²) in [5.74, 6) is -1.17. The van der Waals surface area contributed by atoms with Gasteiger partial charge in [-0.15, -0.1) is 0 Å². The van der Waals surface area contributed by atoms with E-state index in [-0.39, 0.29) is 18.0 Å². The van der Waals surface area contributed by atoms with E-state index in [4.69, 9.17) is 5.73 Å². The van der Waals surface area contributed by atoms with Crippen LogP contribution in [0.5, 0.6) is 0 Å². The lowest BCUT2D eigenvalue weighted by molar-refractivity contribution is -0.119. The molecule has 0 aliphatic carbocycles. The minimum atomic E-state index is -0.732. The molecule has 1 atom stereocenters. The molecule has 3 N–H and O–H groups in total. The van der Waals surface area contributed by atoms with E-state index < -0.39 is 17.9 Å². The fraction of sp³-hybridized carbons (Fsp3) is 0.200. The first-order valence-electron chi connectivity index (χ1n) is 8.71. The number of hydrogen-bond donors (Lipinski definition) is 2. The number of hydrogen-bond acceptors (Lipinski definition) is 5. The minimum absolute atomic E-state index is 0.104. The third kappa shape index (κ3) is 4.01. The predicted molar refractivity (Wildman–Crippen MR) is 107 cm³/mol. The fourth-order valence-corrected chi connectivity index (χ4v) is 2.88. The maximum absolute atomic E-state index is 12.7. The Kier molecular flexibility index (Phi) is 5.39. The molecule has 28 heavy (non-hydrogen) atoms. The summed E-state index contributed by atoms with van der Waals surface area (Å²) in [4.78, 5) is 38.0. The van der Waals surface area contributed by atoms with Gasteiger partial charge in [-0.05, 0) is 30.3 Å². The topological polar surface area (TPSA) is 108 Å². The molecule has 0 saturated carbocycles. The van der Waals surface area contributed by atoms with Gasteiger partial charge in [0.25, 0.3) is 11.8 Å². The van der Waals surface area contributed by atoms with Crippen LogP contribution in [0.4, 0.5) is 11.4 Å². The Labute approximate surface area is 162 Å². The second kappa shape index (κ2) is 7.91. The van der Waals surface area contributed by atoms with Crippen molar-refractivity contribution in [1.82, 2.24) is 4.90 Å². The van der Waals surface area contributed by atoms with Crippen molar-refractivity contribution < 1.29 is 14.4 Å². The molecule has 0 saturated heterocycles. The minimum Gasteiger partial charge on any atom is -0.368 e. The number of nitrogens with one attached hydrogen (secondary N) is 1. The Morgan fingerprint density at radius 2 is 1.82 bits per heavy atom. The molecule has 0 fully saturated rings. The Balaban J connectivity index is 1.80. The number of rotatable bonds is 5. The second-order valence-corrected chi connectivity index (χ2v) is 6.58. The maximum atomic E-state index is 12.7. The van der Waals surface area contributed by atoms with Crippen LogP contribution in [0, 0.1) is 0 Å². The molecule has 3 amide bonds. The normalized spacial score (nSPS) is 15.7. The number of hydrazone groups is 1. The monoisotopic (exact) mass is 379 g/mol. The average Bonchev–Trinajstić information content (AvgIpc) is 3.14. The molecule has 2 aromatic rings. The zero-order chi connectivity index (χ0) is 20.3. The number of carbonyl (C=O) groups excluding carboxylic acids is 3. The lowest BCUT2D eigenvalue weighted by Gasteiger charge is -2.20. The van der Waals surface area contributed by atoms with Crippen molar-refractivity contribution in [2.45, 2.75) is 12.5 Å². The van der Waals surface area contributed by atoms with Crippen molar-refractivity contribution in [2.24, 2.45) is 10.8 Å². The van der Waals surface area contributed by atoms with Crippen LogP contribution in [0.25, 0.3) is 0 Å². The second-order valence-electron chi connectivity index (χ2n) is 6.58. The molecule has 1 heterocycles. The number of nitrogens with two attached hydrogens (primary N) is 1. The lowest BCUT2D eigenvalue weighted by atomic mass is 10.1. The van der Waals surface area contributed by atoms with Crippen molar-refractivity contribution in [1.29, 1.82) is 0 Å². The van der Waals surface area contributed by atoms with Gasteiger partial charge in [0, 0.05) is 31.8 Å². The standard InChI is InChI=1S/C20H21N5O3/c1-24(2)20(28)13-7-6-8-14(11-13)22-19(27)16-12-17(18(21)26)25(23-16)15-9-4-3-5-10-15/h3-11,17H,12H2,1-2H3,(H2,21,26)(H,22,27)/t17-/m0/s1. The molecule has 0 bridgehead atoms. The summed E-state index contributed by atoms with van der Waals surface area (Å²) in [5.41, 5.74) is 7.28. The predicted octanol–water partition coefficient (Wildman–Crippen LogP) is 1.45. The molecule has 0 spiro atoms. The molecule has 0 aromatic heterocycles. The van der Waals surface area contributed by atoms with Crippen LogP contribution in [0.15, 0.2) is 59.7 Å². The van der Waals surface area contributed by atoms with E-state index in [1.165, 1.54) is 9.91 Å². The van der Waals surface area contributed by atoms with Gasteiger partial charge in [-0.2, -0.15) is 5.10 Å². The largest absolute Gasteiger partial charge is 0.368 e. The first-order valence-corrected chi connectivity index (χ1v) is 8.71. The van der Waals surface area contributed by atoms with Gasteiger partial charge < -0.3 is 16.0 Å². The fourth-order valence-electron chi connectivity index (χ4n) is 2.88. The molecule has 0 unspecified atom stereocenters. The van der Waals surface area contributed by atoms with Crippen molar-refractivity contribution in [3.63, 3.8) is 0 Å². The zero-order valence-electron chi connectivity index (χ0n) is 15.6. The molecular weight excluding hydrogens is 358 g/mol. The number of benzene rings is 2. The van der Waals surface area contributed by atoms with Crippen LogP contribution in [0.3, 0.4) is 0 Å². The first-order chi connectivity index (χ1) is 13.4. The van der Waals surface area contributed by atoms with E-state index in [0.29, 0.717) is 16.9 Å². The van der Waals surface area contributed by atoms with Crippen LogP contribution in [-0.2, 0) is 9.59 Å². The molecule has 1 aliphatic rings. The highest BCUT2D eigenvalue weighted by molar-refractivity contribution is 6.44. The van der Waals surface area contributed by atoms with Gasteiger partial charge in [-0.1, -0.05) is 24.3 Å². The van der Waals surface area contributed by atoms with Gasteiger partial charge >= 0.3 is 0 Å². The number of primary amides is 1. The van der Waals surface area contributed by atoms with Crippen molar-refractivity contribution in [3.05, 3.63) is 60.2 Å². The summed E-state index contributed by atoms with van der Waals surface area (Å²) in [6.45, 7) is 0. The van der Waals surface area contributed by atoms with Crippen LogP contribution < -0.4 is 16.1 Å². The van der Waals surface area contributed by atoms with E-state index in [2.05, 4.69) is 10.4 Å². The highest BCUT2D eigenvalue weighted by Gasteiger charge is 2.34. The van der Waals surface area contributed by atoms with Crippen LogP contribution in [0.2, 0.25) is 0 Å². The number of carbonyl (C=O) groups is 3. The molecule has 8 nitrogen and oxygen atoms in total. The number of nitrogens with zero attached hydrogens (tertiary/aromatic N) is 3. The average molecular weight is 379 g/mol. The Morgan fingerprint density at radius 1 is 1.11 bits per heavy atom. The van der Waals surface area contributed by atoms with Crippen LogP contribution >= 0.6 is 0 Å². The van der Waals surface area contributed by atoms with E-state index in [1.54, 1.807) is 50.5 Å². The molecule has 0 radical (unpaired) electrons. The summed E-state index contributed by atoms with van der Waals surface area (Å²) < 4.78 is 0. The van der Waals surface area contributed by atoms with E-state index in [1.807, 2.05) is 18.2 Å². The molecule has 3 rings (SSSR count).